The van der Waals surface area contributed by atoms with Crippen molar-refractivity contribution in [1.29, 1.82) is 0 Å². The van der Waals surface area contributed by atoms with E-state index in [0.29, 0.717) is 30.0 Å². The van der Waals surface area contributed by atoms with Gasteiger partial charge in [-0.25, -0.2) is 4.79 Å². The van der Waals surface area contributed by atoms with E-state index in [-0.39, 0.29) is 24.3 Å². The fourth-order valence-electron chi connectivity index (χ4n) is 4.76. The van der Waals surface area contributed by atoms with Crippen molar-refractivity contribution in [1.82, 2.24) is 15.5 Å². The highest BCUT2D eigenvalue weighted by Gasteiger charge is 2.39. The molecule has 0 aromatic heterocycles. The Hall–Kier alpha value is -3.79. The number of hydrogen-bond acceptors (Lipinski definition) is 4. The Labute approximate surface area is 252 Å². The van der Waals surface area contributed by atoms with Gasteiger partial charge in [0.15, 0.2) is 0 Å². The summed E-state index contributed by atoms with van der Waals surface area (Å²) in [6.45, 7) is 14.1. The van der Waals surface area contributed by atoms with Gasteiger partial charge in [-0.3, -0.25) is 9.59 Å². The number of benzene rings is 2. The number of alkyl carbamates (subject to hydrolysis) is 1. The molecule has 0 saturated carbocycles. The number of ether oxygens (including phenoxy) is 1. The van der Waals surface area contributed by atoms with Crippen molar-refractivity contribution < 1.29 is 19.1 Å². The molecule has 2 aromatic rings. The summed E-state index contributed by atoms with van der Waals surface area (Å²) in [7, 11) is 0. The topological polar surface area (TPSA) is 87.7 Å². The van der Waals surface area contributed by atoms with Gasteiger partial charge < -0.3 is 20.3 Å². The van der Waals surface area contributed by atoms with Crippen molar-refractivity contribution >= 4 is 17.9 Å². The molecule has 3 unspecified atom stereocenters. The van der Waals surface area contributed by atoms with Crippen LogP contribution in [0.3, 0.4) is 0 Å². The van der Waals surface area contributed by atoms with Crippen LogP contribution < -0.4 is 10.6 Å². The number of nitrogens with zero attached hydrogens (tertiary/aromatic N) is 1. The molecule has 42 heavy (non-hydrogen) atoms. The second-order valence-corrected chi connectivity index (χ2v) is 12.2. The molecular formula is C35H49N3O4. The molecule has 3 amide bonds. The van der Waals surface area contributed by atoms with E-state index in [9.17, 15) is 14.4 Å². The van der Waals surface area contributed by atoms with E-state index in [1.165, 1.54) is 0 Å². The molecule has 0 saturated heterocycles. The summed E-state index contributed by atoms with van der Waals surface area (Å²) in [5.41, 5.74) is 1.24. The second-order valence-electron chi connectivity index (χ2n) is 12.2. The molecule has 2 aromatic carbocycles. The van der Waals surface area contributed by atoms with Crippen LogP contribution in [0.25, 0.3) is 0 Å². The largest absolute Gasteiger partial charge is 0.444 e. The number of unbranched alkanes of at least 4 members (excludes halogenated alkanes) is 1. The average Bonchev–Trinajstić information content (AvgIpc) is 2.93. The maximum atomic E-state index is 14.7. The number of carbonyl (C=O) groups is 3. The molecule has 0 radical (unpaired) electrons. The standard InChI is InChI=1S/C35H49N3O4/c1-9-11-23-36-32(39)31(29-20-16-15-19-28(29)10-2)38(26(5)22-21-25(3)4)33(40)30(24-27-17-13-12-14-18-27)37-34(41)42-35(6,7)8/h2,12-20,25-26,30-31H,9,11,21-24H2,1,3-8H3,(H,36,39)(H,37,41). The average molecular weight is 576 g/mol. The van der Waals surface area contributed by atoms with Gasteiger partial charge in [-0.05, 0) is 70.1 Å². The fraction of sp³-hybridized carbons (Fsp3) is 0.514. The lowest BCUT2D eigenvalue weighted by Gasteiger charge is -2.39. The van der Waals surface area contributed by atoms with E-state index in [0.717, 1.165) is 24.8 Å². The Balaban J connectivity index is 2.67. The normalized spacial score (nSPS) is 13.4. The van der Waals surface area contributed by atoms with E-state index in [4.69, 9.17) is 11.2 Å². The molecule has 0 spiro atoms. The first-order valence-corrected chi connectivity index (χ1v) is 15.1. The summed E-state index contributed by atoms with van der Waals surface area (Å²) in [5.74, 6) is 2.43. The molecule has 0 aliphatic rings. The van der Waals surface area contributed by atoms with Crippen LogP contribution in [0.1, 0.15) is 96.9 Å². The molecular weight excluding hydrogens is 526 g/mol. The molecule has 228 valence electrons. The lowest BCUT2D eigenvalue weighted by molar-refractivity contribution is -0.145. The molecule has 3 atom stereocenters. The zero-order valence-electron chi connectivity index (χ0n) is 26.4. The number of amides is 3. The third-order valence-electron chi connectivity index (χ3n) is 6.93. The quantitative estimate of drug-likeness (QED) is 0.201. The SMILES string of the molecule is C#Cc1ccccc1C(C(=O)NCCCC)N(C(=O)C(Cc1ccccc1)NC(=O)OC(C)(C)C)C(C)CCC(C)C. The lowest BCUT2D eigenvalue weighted by atomic mass is 9.93. The van der Waals surface area contributed by atoms with Gasteiger partial charge >= 0.3 is 6.09 Å². The predicted octanol–water partition coefficient (Wildman–Crippen LogP) is 6.41. The van der Waals surface area contributed by atoms with E-state index < -0.39 is 23.8 Å². The summed E-state index contributed by atoms with van der Waals surface area (Å²) in [5, 5.41) is 5.86. The minimum Gasteiger partial charge on any atom is -0.444 e. The third-order valence-corrected chi connectivity index (χ3v) is 6.93. The number of terminal acetylenes is 1. The van der Waals surface area contributed by atoms with Gasteiger partial charge in [-0.1, -0.05) is 81.6 Å². The number of nitrogens with one attached hydrogen (secondary N) is 2. The smallest absolute Gasteiger partial charge is 0.408 e. The predicted molar refractivity (Wildman–Crippen MR) is 169 cm³/mol. The molecule has 0 bridgehead atoms. The molecule has 2 N–H and O–H groups in total. The van der Waals surface area contributed by atoms with Crippen LogP contribution in [0.15, 0.2) is 54.6 Å². The Bertz CT molecular complexity index is 1200. The Kier molecular flexibility index (Phi) is 13.6. The lowest BCUT2D eigenvalue weighted by Crippen LogP contribution is -2.56. The third kappa shape index (κ3) is 10.9. The highest BCUT2D eigenvalue weighted by atomic mass is 16.6. The van der Waals surface area contributed by atoms with E-state index >= 15 is 0 Å². The van der Waals surface area contributed by atoms with Crippen LogP contribution in [-0.4, -0.2) is 47.0 Å². The number of carbonyl (C=O) groups excluding carboxylic acids is 3. The fourth-order valence-corrected chi connectivity index (χ4v) is 4.76. The van der Waals surface area contributed by atoms with Crippen molar-refractivity contribution in [3.05, 3.63) is 71.3 Å². The molecule has 2 rings (SSSR count). The van der Waals surface area contributed by atoms with Crippen LogP contribution >= 0.6 is 0 Å². The second kappa shape index (κ2) is 16.6. The van der Waals surface area contributed by atoms with Crippen molar-refractivity contribution in [2.24, 2.45) is 5.92 Å². The number of rotatable bonds is 14. The van der Waals surface area contributed by atoms with Crippen molar-refractivity contribution in [2.45, 2.75) is 104 Å². The zero-order chi connectivity index (χ0) is 31.3. The van der Waals surface area contributed by atoms with Gasteiger partial charge in [-0.15, -0.1) is 6.42 Å². The van der Waals surface area contributed by atoms with Gasteiger partial charge in [0.25, 0.3) is 0 Å². The van der Waals surface area contributed by atoms with Crippen LogP contribution in [0, 0.1) is 18.3 Å². The Morgan fingerprint density at radius 2 is 1.62 bits per heavy atom. The first kappa shape index (κ1) is 34.4. The van der Waals surface area contributed by atoms with E-state index in [2.05, 4.69) is 37.3 Å². The number of hydrogen-bond donors (Lipinski definition) is 2. The van der Waals surface area contributed by atoms with E-state index in [1.807, 2.05) is 55.5 Å². The molecule has 0 heterocycles. The molecule has 0 aliphatic carbocycles. The molecule has 0 fully saturated rings. The van der Waals surface area contributed by atoms with Crippen molar-refractivity contribution in [3.63, 3.8) is 0 Å². The van der Waals surface area contributed by atoms with Crippen LogP contribution in [0.4, 0.5) is 4.79 Å². The van der Waals surface area contributed by atoms with Crippen LogP contribution in [0.2, 0.25) is 0 Å². The van der Waals surface area contributed by atoms with Crippen molar-refractivity contribution in [2.75, 3.05) is 6.54 Å². The molecule has 7 heteroatoms. The minimum atomic E-state index is -0.984. The van der Waals surface area contributed by atoms with Gasteiger partial charge in [0.2, 0.25) is 11.8 Å². The van der Waals surface area contributed by atoms with Gasteiger partial charge in [-0.2, -0.15) is 0 Å². The van der Waals surface area contributed by atoms with Gasteiger partial charge in [0.05, 0.1) is 0 Å². The highest BCUT2D eigenvalue weighted by molar-refractivity contribution is 5.93. The minimum absolute atomic E-state index is 0.229. The maximum Gasteiger partial charge on any atom is 0.408 e. The van der Waals surface area contributed by atoms with Crippen molar-refractivity contribution in [3.8, 4) is 12.3 Å². The first-order chi connectivity index (χ1) is 19.9. The Morgan fingerprint density at radius 3 is 2.21 bits per heavy atom. The van der Waals surface area contributed by atoms with Crippen LogP contribution in [-0.2, 0) is 20.7 Å². The highest BCUT2D eigenvalue weighted by Crippen LogP contribution is 2.30. The monoisotopic (exact) mass is 575 g/mol. The van der Waals surface area contributed by atoms with Gasteiger partial charge in [0, 0.05) is 24.6 Å². The zero-order valence-corrected chi connectivity index (χ0v) is 26.4. The van der Waals surface area contributed by atoms with Crippen LogP contribution in [0.5, 0.6) is 0 Å². The summed E-state index contributed by atoms with van der Waals surface area (Å²) in [6.07, 6.45) is 8.67. The van der Waals surface area contributed by atoms with Gasteiger partial charge in [0.1, 0.15) is 17.7 Å². The Morgan fingerprint density at radius 1 is 0.976 bits per heavy atom. The summed E-state index contributed by atoms with van der Waals surface area (Å²) in [4.78, 5) is 43.3. The van der Waals surface area contributed by atoms with E-state index in [1.54, 1.807) is 31.7 Å². The summed E-state index contributed by atoms with van der Waals surface area (Å²) in [6, 6.07) is 14.4. The molecule has 7 nitrogen and oxygen atoms in total. The molecule has 0 aliphatic heterocycles. The first-order valence-electron chi connectivity index (χ1n) is 15.1. The summed E-state index contributed by atoms with van der Waals surface area (Å²) < 4.78 is 5.54. The summed E-state index contributed by atoms with van der Waals surface area (Å²) >= 11 is 0. The maximum absolute atomic E-state index is 14.7.